The van der Waals surface area contributed by atoms with Gasteiger partial charge in [0.2, 0.25) is 0 Å². The first kappa shape index (κ1) is 30.2. The van der Waals surface area contributed by atoms with Gasteiger partial charge in [-0.05, 0) is 139 Å². The van der Waals surface area contributed by atoms with Crippen LogP contribution in [0.25, 0.3) is 11.1 Å². The Balaban J connectivity index is 1.45. The number of allylic oxidation sites excluding steroid dienone is 15. The van der Waals surface area contributed by atoms with Gasteiger partial charge in [-0.25, -0.2) is 0 Å². The maximum absolute atomic E-state index is 2.57. The van der Waals surface area contributed by atoms with Gasteiger partial charge in [0.25, 0.3) is 0 Å². The number of aryl methyl sites for hydroxylation is 3. The van der Waals surface area contributed by atoms with Crippen molar-refractivity contribution < 1.29 is 0 Å². The van der Waals surface area contributed by atoms with Gasteiger partial charge in [0.05, 0.1) is 0 Å². The third kappa shape index (κ3) is 6.19. The van der Waals surface area contributed by atoms with Gasteiger partial charge in [0, 0.05) is 5.92 Å². The Hall–Kier alpha value is -4.42. The van der Waals surface area contributed by atoms with Crippen LogP contribution >= 0.6 is 0 Å². The number of benzene rings is 3. The maximum Gasteiger partial charge on any atom is 0.0133 e. The molecule has 0 heteroatoms. The molecular weight excluding hydrogens is 553 g/mol. The summed E-state index contributed by atoms with van der Waals surface area (Å²) in [5, 5.41) is 0. The summed E-state index contributed by atoms with van der Waals surface area (Å²) >= 11 is 0. The predicted octanol–water partition coefficient (Wildman–Crippen LogP) is 12.3. The molecule has 2 unspecified atom stereocenters. The molecule has 0 saturated heterocycles. The highest BCUT2D eigenvalue weighted by Crippen LogP contribution is 2.50. The van der Waals surface area contributed by atoms with Crippen LogP contribution in [0.2, 0.25) is 0 Å². The van der Waals surface area contributed by atoms with Crippen LogP contribution < -0.4 is 0 Å². The lowest BCUT2D eigenvalue weighted by molar-refractivity contribution is 0.631. The van der Waals surface area contributed by atoms with Gasteiger partial charge in [-0.3, -0.25) is 0 Å². The highest BCUT2D eigenvalue weighted by atomic mass is 14.4. The van der Waals surface area contributed by atoms with Crippen molar-refractivity contribution in [2.24, 2.45) is 11.8 Å². The van der Waals surface area contributed by atoms with E-state index in [4.69, 9.17) is 0 Å². The zero-order chi connectivity index (χ0) is 31.6. The van der Waals surface area contributed by atoms with E-state index >= 15 is 0 Å². The van der Waals surface area contributed by atoms with Gasteiger partial charge in [-0.1, -0.05) is 133 Å². The highest BCUT2D eigenvalue weighted by Gasteiger charge is 2.33. The molecule has 0 nitrogen and oxygen atoms in total. The average molecular weight is 599 g/mol. The van der Waals surface area contributed by atoms with Crippen LogP contribution in [0.4, 0.5) is 0 Å². The summed E-state index contributed by atoms with van der Waals surface area (Å²) in [6.07, 6.45) is 26.4. The first-order chi connectivity index (χ1) is 22.4. The highest BCUT2D eigenvalue weighted by molar-refractivity contribution is 5.87. The summed E-state index contributed by atoms with van der Waals surface area (Å²) in [4.78, 5) is 0. The quantitative estimate of drug-likeness (QED) is 0.265. The molecule has 1 saturated carbocycles. The topological polar surface area (TPSA) is 0 Å². The van der Waals surface area contributed by atoms with Crippen molar-refractivity contribution in [1.82, 2.24) is 0 Å². The van der Waals surface area contributed by atoms with Gasteiger partial charge in [-0.2, -0.15) is 0 Å². The van der Waals surface area contributed by atoms with Gasteiger partial charge in [0.1, 0.15) is 0 Å². The summed E-state index contributed by atoms with van der Waals surface area (Å²) in [5.74, 6) is 0.947. The largest absolute Gasteiger partial charge is 0.0836 e. The Morgan fingerprint density at radius 3 is 1.78 bits per heavy atom. The smallest absolute Gasteiger partial charge is 0.0133 e. The molecule has 0 N–H and O–H groups in total. The molecule has 3 aromatic carbocycles. The van der Waals surface area contributed by atoms with E-state index in [-0.39, 0.29) is 0 Å². The van der Waals surface area contributed by atoms with E-state index in [2.05, 4.69) is 149 Å². The van der Waals surface area contributed by atoms with Crippen LogP contribution in [0, 0.1) is 32.6 Å². The van der Waals surface area contributed by atoms with Crippen LogP contribution in [0.1, 0.15) is 78.8 Å². The molecule has 1 fully saturated rings. The van der Waals surface area contributed by atoms with Crippen LogP contribution in [-0.2, 0) is 0 Å². The van der Waals surface area contributed by atoms with Crippen LogP contribution in [-0.4, -0.2) is 0 Å². The second kappa shape index (κ2) is 13.1. The molecule has 0 bridgehead atoms. The van der Waals surface area contributed by atoms with E-state index in [1.54, 1.807) is 11.1 Å². The third-order valence-corrected chi connectivity index (χ3v) is 10.3. The van der Waals surface area contributed by atoms with E-state index in [0.29, 0.717) is 11.8 Å². The molecule has 2 atom stereocenters. The van der Waals surface area contributed by atoms with Crippen molar-refractivity contribution in [2.75, 3.05) is 0 Å². The van der Waals surface area contributed by atoms with Crippen LogP contribution in [0.5, 0.6) is 0 Å². The van der Waals surface area contributed by atoms with Crippen molar-refractivity contribution in [2.45, 2.75) is 66.2 Å². The summed E-state index contributed by atoms with van der Waals surface area (Å²) in [6, 6.07) is 27.4. The summed E-state index contributed by atoms with van der Waals surface area (Å²) < 4.78 is 0. The normalized spacial score (nSPS) is 21.0. The zero-order valence-corrected chi connectivity index (χ0v) is 27.9. The molecule has 0 aromatic heterocycles. The number of rotatable bonds is 6. The van der Waals surface area contributed by atoms with Crippen molar-refractivity contribution in [3.05, 3.63) is 188 Å². The monoisotopic (exact) mass is 598 g/mol. The molecule has 0 radical (unpaired) electrons. The summed E-state index contributed by atoms with van der Waals surface area (Å²) in [6.45, 7) is 8.84. The minimum atomic E-state index is 0.356. The second-order valence-corrected chi connectivity index (χ2v) is 13.8. The van der Waals surface area contributed by atoms with Crippen molar-refractivity contribution >= 4 is 11.1 Å². The van der Waals surface area contributed by atoms with E-state index in [1.807, 2.05) is 0 Å². The Labute approximate surface area is 276 Å². The van der Waals surface area contributed by atoms with E-state index in [1.165, 1.54) is 79.7 Å². The number of hydrogen-bond acceptors (Lipinski definition) is 0. The first-order valence-electron chi connectivity index (χ1n) is 17.3. The lowest BCUT2D eigenvalue weighted by Gasteiger charge is -2.37. The molecule has 230 valence electrons. The molecule has 4 aliphatic carbocycles. The molecule has 3 aromatic rings. The fraction of sp³-hybridized carbons (Fsp3) is 0.261. The molecule has 0 aliphatic heterocycles. The summed E-state index contributed by atoms with van der Waals surface area (Å²) in [7, 11) is 0. The Morgan fingerprint density at radius 2 is 1.22 bits per heavy atom. The molecule has 46 heavy (non-hydrogen) atoms. The molecule has 0 heterocycles. The standard InChI is InChI=1S/C46H46/c1-31-13-21-35(22-14-31)43(36-23-15-32(2)16-24-36)29-45-39-9-5-7-11-41(39)46(42-12-8-6-10-40(42)45)30-44(37-25-17-33(3)18-26-37)38-27-19-34(4)20-28-38/h5,7,9,13-15,17-30,32,41H,6,8,10-12,16H2,1-4H3. The van der Waals surface area contributed by atoms with E-state index < -0.39 is 0 Å². The minimum Gasteiger partial charge on any atom is -0.0836 e. The fourth-order valence-corrected chi connectivity index (χ4v) is 7.56. The number of fused-ring (bicyclic) bond motifs is 2. The van der Waals surface area contributed by atoms with Gasteiger partial charge in [-0.15, -0.1) is 0 Å². The van der Waals surface area contributed by atoms with Gasteiger partial charge >= 0.3 is 0 Å². The molecule has 0 amide bonds. The SMILES string of the molecule is Cc1ccc(C(=CC2=C3CCCCC3=C(C=C(c3ccc(C)cc3)c3ccc(C)cc3)C3CC=CC=C23)C2=CCC(C)C=C2)cc1. The number of hydrogen-bond donors (Lipinski definition) is 0. The minimum absolute atomic E-state index is 0.356. The van der Waals surface area contributed by atoms with Crippen molar-refractivity contribution in [1.29, 1.82) is 0 Å². The Bertz CT molecular complexity index is 1820. The van der Waals surface area contributed by atoms with E-state index in [0.717, 1.165) is 25.7 Å². The Kier molecular flexibility index (Phi) is 8.63. The average Bonchev–Trinajstić information content (AvgIpc) is 3.08. The van der Waals surface area contributed by atoms with Crippen LogP contribution in [0.15, 0.2) is 155 Å². The molecule has 7 rings (SSSR count). The summed E-state index contributed by atoms with van der Waals surface area (Å²) in [5.41, 5.74) is 19.5. The van der Waals surface area contributed by atoms with Gasteiger partial charge < -0.3 is 0 Å². The lowest BCUT2D eigenvalue weighted by atomic mass is 9.67. The molecular formula is C46H46. The predicted molar refractivity (Wildman–Crippen MR) is 197 cm³/mol. The lowest BCUT2D eigenvalue weighted by Crippen LogP contribution is -2.21. The first-order valence-corrected chi connectivity index (χ1v) is 17.3. The van der Waals surface area contributed by atoms with Crippen molar-refractivity contribution in [3.63, 3.8) is 0 Å². The van der Waals surface area contributed by atoms with Gasteiger partial charge in [0.15, 0.2) is 0 Å². The van der Waals surface area contributed by atoms with Crippen molar-refractivity contribution in [3.8, 4) is 0 Å². The maximum atomic E-state index is 2.57. The third-order valence-electron chi connectivity index (χ3n) is 10.3. The molecule has 4 aliphatic rings. The fourth-order valence-electron chi connectivity index (χ4n) is 7.56. The zero-order valence-electron chi connectivity index (χ0n) is 27.9. The van der Waals surface area contributed by atoms with E-state index in [9.17, 15) is 0 Å². The Morgan fingerprint density at radius 1 is 0.652 bits per heavy atom. The second-order valence-electron chi connectivity index (χ2n) is 13.8. The van der Waals surface area contributed by atoms with Crippen LogP contribution in [0.3, 0.4) is 0 Å². The molecule has 0 spiro atoms.